The first-order chi connectivity index (χ1) is 13.6. The lowest BCUT2D eigenvalue weighted by molar-refractivity contribution is -0.134. The minimum Gasteiger partial charge on any atom is -0.497 e. The average Bonchev–Trinajstić information content (AvgIpc) is 2.74. The van der Waals surface area contributed by atoms with Gasteiger partial charge in [0.05, 0.1) is 7.11 Å². The van der Waals surface area contributed by atoms with Crippen molar-refractivity contribution in [1.29, 1.82) is 0 Å². The zero-order valence-electron chi connectivity index (χ0n) is 16.0. The highest BCUT2D eigenvalue weighted by molar-refractivity contribution is 6.13. The van der Waals surface area contributed by atoms with Crippen LogP contribution >= 0.6 is 0 Å². The molecule has 0 aliphatic carbocycles. The van der Waals surface area contributed by atoms with Gasteiger partial charge in [0.15, 0.2) is 0 Å². The topological polar surface area (TPSA) is 35.5 Å². The van der Waals surface area contributed by atoms with E-state index in [1.807, 2.05) is 84.9 Å². The Kier molecular flexibility index (Phi) is 6.07. The molecule has 3 rings (SSSR count). The van der Waals surface area contributed by atoms with Gasteiger partial charge in [-0.2, -0.15) is 0 Å². The number of esters is 1. The van der Waals surface area contributed by atoms with E-state index in [-0.39, 0.29) is 5.97 Å². The Labute approximate surface area is 165 Å². The predicted molar refractivity (Wildman–Crippen MR) is 113 cm³/mol. The Bertz CT molecular complexity index is 985. The minimum atomic E-state index is -0.389. The lowest BCUT2D eigenvalue weighted by Crippen LogP contribution is -2.03. The fourth-order valence-corrected chi connectivity index (χ4v) is 2.97. The van der Waals surface area contributed by atoms with Crippen LogP contribution in [0, 0.1) is 0 Å². The fourth-order valence-electron chi connectivity index (χ4n) is 2.97. The molecule has 0 aliphatic heterocycles. The number of benzene rings is 3. The van der Waals surface area contributed by atoms with Crippen LogP contribution in [-0.4, -0.2) is 13.1 Å². The summed E-state index contributed by atoms with van der Waals surface area (Å²) in [6.07, 6.45) is 0. The first-order valence-electron chi connectivity index (χ1n) is 8.97. The largest absolute Gasteiger partial charge is 0.497 e. The summed E-state index contributed by atoms with van der Waals surface area (Å²) in [7, 11) is 1.62. The molecule has 0 atom stereocenters. The maximum atomic E-state index is 11.9. The maximum absolute atomic E-state index is 11.9. The molecule has 3 heteroatoms. The van der Waals surface area contributed by atoms with E-state index in [4.69, 9.17) is 9.47 Å². The van der Waals surface area contributed by atoms with Crippen LogP contribution in [0.3, 0.4) is 0 Å². The molecule has 3 aromatic rings. The van der Waals surface area contributed by atoms with Gasteiger partial charge in [-0.05, 0) is 41.0 Å². The van der Waals surface area contributed by atoms with Crippen LogP contribution < -0.4 is 4.74 Å². The van der Waals surface area contributed by atoms with E-state index in [1.165, 1.54) is 6.92 Å². The van der Waals surface area contributed by atoms with Crippen LogP contribution in [0.25, 0.3) is 16.9 Å². The number of carbonyl (C=O) groups excluding carboxylic acids is 1. The number of ether oxygens (including phenoxy) is 2. The molecule has 0 spiro atoms. The van der Waals surface area contributed by atoms with E-state index in [2.05, 4.69) is 6.58 Å². The van der Waals surface area contributed by atoms with Crippen molar-refractivity contribution >= 4 is 22.9 Å². The maximum Gasteiger partial charge on any atom is 0.308 e. The van der Waals surface area contributed by atoms with Gasteiger partial charge in [-0.25, -0.2) is 0 Å². The zero-order valence-corrected chi connectivity index (χ0v) is 16.0. The number of carbonyl (C=O) groups is 1. The molecule has 0 amide bonds. The van der Waals surface area contributed by atoms with Crippen LogP contribution in [0.1, 0.15) is 23.6 Å². The molecule has 28 heavy (non-hydrogen) atoms. The van der Waals surface area contributed by atoms with Gasteiger partial charge in [0.25, 0.3) is 0 Å². The molecule has 0 bridgehead atoms. The van der Waals surface area contributed by atoms with Gasteiger partial charge in [-0.3, -0.25) is 4.79 Å². The number of methoxy groups -OCH3 is 1. The second kappa shape index (κ2) is 8.87. The molecule has 3 aromatic carbocycles. The van der Waals surface area contributed by atoms with Gasteiger partial charge in [0.1, 0.15) is 11.5 Å². The second-order valence-corrected chi connectivity index (χ2v) is 6.24. The summed E-state index contributed by atoms with van der Waals surface area (Å²) in [5, 5.41) is 0. The molecule has 3 nitrogen and oxygen atoms in total. The van der Waals surface area contributed by atoms with Crippen LogP contribution in [0.5, 0.6) is 5.75 Å². The van der Waals surface area contributed by atoms with Crippen molar-refractivity contribution in [2.24, 2.45) is 0 Å². The lowest BCUT2D eigenvalue weighted by Gasteiger charge is -2.18. The van der Waals surface area contributed by atoms with Gasteiger partial charge in [0, 0.05) is 18.1 Å². The highest BCUT2D eigenvalue weighted by Crippen LogP contribution is 2.37. The van der Waals surface area contributed by atoms with E-state index in [1.54, 1.807) is 7.11 Å². The van der Waals surface area contributed by atoms with Gasteiger partial charge in [-0.1, -0.05) is 67.2 Å². The quantitative estimate of drug-likeness (QED) is 0.237. The lowest BCUT2D eigenvalue weighted by atomic mass is 9.90. The summed E-state index contributed by atoms with van der Waals surface area (Å²) < 4.78 is 11.0. The molecule has 0 saturated heterocycles. The third-order valence-corrected chi connectivity index (χ3v) is 4.31. The third kappa shape index (κ3) is 4.38. The normalized spacial score (nSPS) is 11.4. The van der Waals surface area contributed by atoms with Gasteiger partial charge < -0.3 is 9.47 Å². The molecule has 0 N–H and O–H groups in total. The van der Waals surface area contributed by atoms with E-state index < -0.39 is 0 Å². The molecule has 0 unspecified atom stereocenters. The van der Waals surface area contributed by atoms with Crippen molar-refractivity contribution in [3.8, 4) is 5.75 Å². The zero-order chi connectivity index (χ0) is 19.9. The Hall–Kier alpha value is -3.59. The molecule has 140 valence electrons. The molecular weight excluding hydrogens is 348 g/mol. The summed E-state index contributed by atoms with van der Waals surface area (Å²) in [4.78, 5) is 11.9. The van der Waals surface area contributed by atoms with Crippen LogP contribution in [0.2, 0.25) is 0 Å². The summed E-state index contributed by atoms with van der Waals surface area (Å²) in [6, 6.07) is 27.1. The first-order valence-corrected chi connectivity index (χ1v) is 8.97. The van der Waals surface area contributed by atoms with E-state index in [0.29, 0.717) is 5.76 Å². The molecule has 0 heterocycles. The highest BCUT2D eigenvalue weighted by atomic mass is 16.5. The summed E-state index contributed by atoms with van der Waals surface area (Å²) in [5.74, 6) is 0.810. The van der Waals surface area contributed by atoms with Crippen molar-refractivity contribution in [1.82, 2.24) is 0 Å². The Morgan fingerprint density at radius 2 is 1.29 bits per heavy atom. The Morgan fingerprint density at radius 1 is 0.750 bits per heavy atom. The second-order valence-electron chi connectivity index (χ2n) is 6.24. The van der Waals surface area contributed by atoms with Gasteiger partial charge in [-0.15, -0.1) is 0 Å². The van der Waals surface area contributed by atoms with Gasteiger partial charge >= 0.3 is 5.97 Å². The van der Waals surface area contributed by atoms with Crippen molar-refractivity contribution < 1.29 is 14.3 Å². The third-order valence-electron chi connectivity index (χ3n) is 4.31. The summed E-state index contributed by atoms with van der Waals surface area (Å²) in [5.41, 5.74) is 4.20. The smallest absolute Gasteiger partial charge is 0.308 e. The summed E-state index contributed by atoms with van der Waals surface area (Å²) in [6.45, 7) is 5.72. The van der Waals surface area contributed by atoms with E-state index >= 15 is 0 Å². The van der Waals surface area contributed by atoms with E-state index in [9.17, 15) is 4.79 Å². The number of rotatable bonds is 6. The van der Waals surface area contributed by atoms with Crippen molar-refractivity contribution in [3.63, 3.8) is 0 Å². The molecule has 0 aliphatic rings. The van der Waals surface area contributed by atoms with Crippen LogP contribution in [0.4, 0.5) is 0 Å². The Balaban J connectivity index is 2.25. The van der Waals surface area contributed by atoms with Crippen molar-refractivity contribution in [2.45, 2.75) is 6.92 Å². The molecule has 0 aromatic heterocycles. The molecule has 0 radical (unpaired) electrons. The monoisotopic (exact) mass is 370 g/mol. The predicted octanol–water partition coefficient (Wildman–Crippen LogP) is 5.84. The molecule has 0 saturated carbocycles. The van der Waals surface area contributed by atoms with Crippen LogP contribution in [0.15, 0.2) is 91.5 Å². The number of hydrogen-bond acceptors (Lipinski definition) is 3. The standard InChI is InChI=1S/C25H22O3/c1-18(20-10-6-4-7-11-20)24(21-12-8-5-9-13-21)25(28-19(2)26)22-14-16-23(27-3)17-15-22/h4-17H,1H2,2-3H3/b25-24+. The molecule has 0 fully saturated rings. The first kappa shape index (κ1) is 19.2. The minimum absolute atomic E-state index is 0.389. The van der Waals surface area contributed by atoms with E-state index in [0.717, 1.165) is 33.6 Å². The Morgan fingerprint density at radius 3 is 1.79 bits per heavy atom. The number of hydrogen-bond donors (Lipinski definition) is 0. The van der Waals surface area contributed by atoms with Crippen LogP contribution in [-0.2, 0) is 9.53 Å². The average molecular weight is 370 g/mol. The summed E-state index contributed by atoms with van der Waals surface area (Å²) >= 11 is 0. The van der Waals surface area contributed by atoms with Crippen molar-refractivity contribution in [3.05, 3.63) is 108 Å². The van der Waals surface area contributed by atoms with Gasteiger partial charge in [0.2, 0.25) is 0 Å². The SMILES string of the molecule is C=C(/C(=C(\OC(C)=O)c1ccc(OC)cc1)c1ccccc1)c1ccccc1. The van der Waals surface area contributed by atoms with Crippen molar-refractivity contribution in [2.75, 3.05) is 7.11 Å². The fraction of sp³-hybridized carbons (Fsp3) is 0.0800. The molecular formula is C25H22O3. The highest BCUT2D eigenvalue weighted by Gasteiger charge is 2.19. The number of allylic oxidation sites excluding steroid dienone is 2.